The Bertz CT molecular complexity index is 576. The molecular formula is C19H33N5O. The Kier molecular flexibility index (Phi) is 6.12. The van der Waals surface area contributed by atoms with Crippen LogP contribution >= 0.6 is 0 Å². The van der Waals surface area contributed by atoms with Crippen molar-refractivity contribution in [3.05, 3.63) is 17.5 Å². The number of carbonyl (C=O) groups is 1. The molecule has 6 nitrogen and oxygen atoms in total. The van der Waals surface area contributed by atoms with E-state index in [1.807, 2.05) is 6.92 Å². The number of likely N-dealkylation sites (tertiary alicyclic amines) is 2. The lowest BCUT2D eigenvalue weighted by Gasteiger charge is -2.32. The summed E-state index contributed by atoms with van der Waals surface area (Å²) in [6.45, 7) is 12.1. The molecule has 1 atom stereocenters. The van der Waals surface area contributed by atoms with Gasteiger partial charge in [0.25, 0.3) is 0 Å². The van der Waals surface area contributed by atoms with Gasteiger partial charge >= 0.3 is 0 Å². The highest BCUT2D eigenvalue weighted by Gasteiger charge is 2.28. The molecule has 2 fully saturated rings. The number of hydrogen-bond donors (Lipinski definition) is 1. The second kappa shape index (κ2) is 8.32. The number of carbonyl (C=O) groups excluding carboxylic acids is 1. The van der Waals surface area contributed by atoms with Crippen LogP contribution in [0.15, 0.2) is 6.07 Å². The number of piperidine rings is 1. The average Bonchev–Trinajstić information content (AvgIpc) is 3.14. The smallest absolute Gasteiger partial charge is 0.234 e. The maximum Gasteiger partial charge on any atom is 0.234 e. The lowest BCUT2D eigenvalue weighted by molar-refractivity contribution is -0.123. The fraction of sp³-hybridized carbons (Fsp3) is 0.789. The number of amides is 1. The first-order chi connectivity index (χ1) is 12.0. The van der Waals surface area contributed by atoms with Crippen LogP contribution in [0.5, 0.6) is 0 Å². The van der Waals surface area contributed by atoms with Crippen LogP contribution in [0, 0.1) is 13.8 Å². The summed E-state index contributed by atoms with van der Waals surface area (Å²) in [7, 11) is 0. The molecule has 0 saturated carbocycles. The third-order valence-corrected chi connectivity index (χ3v) is 5.73. The second-order valence-electron chi connectivity index (χ2n) is 7.65. The molecule has 1 N–H and O–H groups in total. The average molecular weight is 348 g/mol. The lowest BCUT2D eigenvalue weighted by atomic mass is 10.1. The van der Waals surface area contributed by atoms with Crippen molar-refractivity contribution < 1.29 is 4.79 Å². The SMILES string of the molecule is CCN1CCC(NC(=O)CN2CCC[C@@H]2Cn2nc(C)cc2C)CC1. The number of nitrogens with zero attached hydrogens (tertiary/aromatic N) is 4. The summed E-state index contributed by atoms with van der Waals surface area (Å²) in [5.74, 6) is 0.190. The zero-order valence-corrected chi connectivity index (χ0v) is 16.0. The summed E-state index contributed by atoms with van der Waals surface area (Å²) in [5, 5.41) is 7.84. The molecule has 25 heavy (non-hydrogen) atoms. The Morgan fingerprint density at radius 3 is 2.64 bits per heavy atom. The van der Waals surface area contributed by atoms with Crippen LogP contribution in [0.3, 0.4) is 0 Å². The zero-order valence-electron chi connectivity index (χ0n) is 16.0. The molecule has 0 unspecified atom stereocenters. The number of aryl methyl sites for hydroxylation is 2. The monoisotopic (exact) mass is 347 g/mol. The Balaban J connectivity index is 1.48. The van der Waals surface area contributed by atoms with E-state index in [0.717, 1.165) is 57.7 Å². The highest BCUT2D eigenvalue weighted by Crippen LogP contribution is 2.19. The van der Waals surface area contributed by atoms with E-state index in [2.05, 4.69) is 44.8 Å². The maximum atomic E-state index is 12.5. The molecule has 2 saturated heterocycles. The van der Waals surface area contributed by atoms with Gasteiger partial charge in [-0.05, 0) is 58.7 Å². The van der Waals surface area contributed by atoms with E-state index in [1.54, 1.807) is 0 Å². The van der Waals surface area contributed by atoms with Crippen molar-refractivity contribution in [2.75, 3.05) is 32.7 Å². The fourth-order valence-electron chi connectivity index (χ4n) is 4.22. The number of hydrogen-bond acceptors (Lipinski definition) is 4. The van der Waals surface area contributed by atoms with Crippen LogP contribution in [-0.2, 0) is 11.3 Å². The molecule has 1 aromatic heterocycles. The molecule has 3 heterocycles. The van der Waals surface area contributed by atoms with E-state index in [9.17, 15) is 4.79 Å². The Labute approximate surface area is 151 Å². The van der Waals surface area contributed by atoms with Crippen LogP contribution in [0.1, 0.15) is 44.0 Å². The van der Waals surface area contributed by atoms with Crippen molar-refractivity contribution in [3.63, 3.8) is 0 Å². The molecule has 2 aliphatic rings. The first kappa shape index (κ1) is 18.4. The van der Waals surface area contributed by atoms with Crippen molar-refractivity contribution in [3.8, 4) is 0 Å². The number of nitrogens with one attached hydrogen (secondary N) is 1. The van der Waals surface area contributed by atoms with Crippen LogP contribution in [-0.4, -0.2) is 70.3 Å². The van der Waals surface area contributed by atoms with Crippen molar-refractivity contribution in [1.29, 1.82) is 0 Å². The lowest BCUT2D eigenvalue weighted by Crippen LogP contribution is -2.48. The van der Waals surface area contributed by atoms with Gasteiger partial charge in [-0.3, -0.25) is 14.4 Å². The van der Waals surface area contributed by atoms with Crippen LogP contribution in [0.25, 0.3) is 0 Å². The summed E-state index contributed by atoms with van der Waals surface area (Å²) in [6.07, 6.45) is 4.48. The molecule has 0 aromatic carbocycles. The molecular weight excluding hydrogens is 314 g/mol. The van der Waals surface area contributed by atoms with E-state index in [-0.39, 0.29) is 5.91 Å². The van der Waals surface area contributed by atoms with Gasteiger partial charge in [-0.1, -0.05) is 6.92 Å². The van der Waals surface area contributed by atoms with Gasteiger partial charge in [-0.2, -0.15) is 5.10 Å². The quantitative estimate of drug-likeness (QED) is 0.849. The normalized spacial score (nSPS) is 23.2. The fourth-order valence-corrected chi connectivity index (χ4v) is 4.22. The highest BCUT2D eigenvalue weighted by molar-refractivity contribution is 5.78. The van der Waals surface area contributed by atoms with Crippen LogP contribution < -0.4 is 5.32 Å². The predicted octanol–water partition coefficient (Wildman–Crippen LogP) is 1.56. The predicted molar refractivity (Wildman–Crippen MR) is 99.6 cm³/mol. The van der Waals surface area contributed by atoms with E-state index in [1.165, 1.54) is 12.1 Å². The summed E-state index contributed by atoms with van der Waals surface area (Å²) in [6, 6.07) is 2.90. The van der Waals surface area contributed by atoms with Crippen LogP contribution in [0.2, 0.25) is 0 Å². The molecule has 0 spiro atoms. The van der Waals surface area contributed by atoms with E-state index in [0.29, 0.717) is 18.6 Å². The van der Waals surface area contributed by atoms with Gasteiger partial charge in [-0.25, -0.2) is 0 Å². The van der Waals surface area contributed by atoms with Crippen LogP contribution in [0.4, 0.5) is 0 Å². The van der Waals surface area contributed by atoms with Gasteiger partial charge in [0.1, 0.15) is 0 Å². The molecule has 0 bridgehead atoms. The first-order valence-electron chi connectivity index (χ1n) is 9.82. The molecule has 140 valence electrons. The van der Waals surface area contributed by atoms with E-state index in [4.69, 9.17) is 0 Å². The third kappa shape index (κ3) is 4.82. The Morgan fingerprint density at radius 1 is 1.24 bits per heavy atom. The number of aromatic nitrogens is 2. The molecule has 1 aromatic rings. The summed E-state index contributed by atoms with van der Waals surface area (Å²) >= 11 is 0. The largest absolute Gasteiger partial charge is 0.352 e. The van der Waals surface area contributed by atoms with Crippen molar-refractivity contribution in [2.24, 2.45) is 0 Å². The topological polar surface area (TPSA) is 53.4 Å². The highest BCUT2D eigenvalue weighted by atomic mass is 16.2. The minimum absolute atomic E-state index is 0.190. The molecule has 0 radical (unpaired) electrons. The van der Waals surface area contributed by atoms with Gasteiger partial charge < -0.3 is 10.2 Å². The minimum atomic E-state index is 0.190. The standard InChI is InChI=1S/C19H33N5O/c1-4-22-10-7-17(8-11-22)20-19(25)14-23-9-5-6-18(23)13-24-16(3)12-15(2)21-24/h12,17-18H,4-11,13-14H2,1-3H3,(H,20,25)/t18-/m1/s1. The van der Waals surface area contributed by atoms with E-state index < -0.39 is 0 Å². The summed E-state index contributed by atoms with van der Waals surface area (Å²) in [4.78, 5) is 17.3. The Morgan fingerprint density at radius 2 is 2.00 bits per heavy atom. The molecule has 6 heteroatoms. The molecule has 1 amide bonds. The van der Waals surface area contributed by atoms with Gasteiger partial charge in [-0.15, -0.1) is 0 Å². The third-order valence-electron chi connectivity index (χ3n) is 5.73. The molecule has 2 aliphatic heterocycles. The van der Waals surface area contributed by atoms with Gasteiger partial charge in [0.2, 0.25) is 5.91 Å². The van der Waals surface area contributed by atoms with Crippen molar-refractivity contribution in [1.82, 2.24) is 24.9 Å². The summed E-state index contributed by atoms with van der Waals surface area (Å²) in [5.41, 5.74) is 2.27. The van der Waals surface area contributed by atoms with Gasteiger partial charge in [0, 0.05) is 30.9 Å². The first-order valence-corrected chi connectivity index (χ1v) is 9.82. The molecule has 3 rings (SSSR count). The molecule has 0 aliphatic carbocycles. The Hall–Kier alpha value is -1.40. The van der Waals surface area contributed by atoms with Crippen molar-refractivity contribution >= 4 is 5.91 Å². The second-order valence-corrected chi connectivity index (χ2v) is 7.65. The van der Waals surface area contributed by atoms with Crippen molar-refractivity contribution in [2.45, 2.75) is 65.1 Å². The van der Waals surface area contributed by atoms with Gasteiger partial charge in [0.05, 0.1) is 18.8 Å². The van der Waals surface area contributed by atoms with Gasteiger partial charge in [0.15, 0.2) is 0 Å². The zero-order chi connectivity index (χ0) is 17.8. The summed E-state index contributed by atoms with van der Waals surface area (Å²) < 4.78 is 2.09. The number of rotatable bonds is 6. The van der Waals surface area contributed by atoms with E-state index >= 15 is 0 Å². The maximum absolute atomic E-state index is 12.5. The minimum Gasteiger partial charge on any atom is -0.352 e.